The van der Waals surface area contributed by atoms with Gasteiger partial charge in [0, 0.05) is 32.8 Å². The van der Waals surface area contributed by atoms with Crippen LogP contribution >= 0.6 is 0 Å². The van der Waals surface area contributed by atoms with Gasteiger partial charge in [0.05, 0.1) is 27.8 Å². The summed E-state index contributed by atoms with van der Waals surface area (Å²) in [6.45, 7) is 6.81. The number of hydrogen-bond acceptors (Lipinski definition) is 0. The van der Waals surface area contributed by atoms with Crippen LogP contribution in [-0.2, 0) is 5.41 Å². The molecule has 0 aliphatic heterocycles. The van der Waals surface area contributed by atoms with Gasteiger partial charge in [-0.05, 0) is 93.4 Å². The Bertz CT molecular complexity index is 3010. The average Bonchev–Trinajstić information content (AvgIpc) is 3.73. The van der Waals surface area contributed by atoms with E-state index in [1.807, 2.05) is 0 Å². The van der Waals surface area contributed by atoms with Crippen molar-refractivity contribution >= 4 is 43.6 Å². The summed E-state index contributed by atoms with van der Waals surface area (Å²) < 4.78 is 4.85. The first-order chi connectivity index (χ1) is 26.4. The van der Waals surface area contributed by atoms with E-state index in [2.05, 4.69) is 218 Å². The second kappa shape index (κ2) is 12.5. The molecule has 8 aromatic carbocycles. The van der Waals surface area contributed by atoms with Crippen LogP contribution in [0.3, 0.4) is 0 Å². The zero-order valence-corrected chi connectivity index (χ0v) is 30.8. The number of nitrogens with zero attached hydrogens (tertiary/aromatic N) is 2. The summed E-state index contributed by atoms with van der Waals surface area (Å²) in [5.74, 6) is 0. The van der Waals surface area contributed by atoms with Crippen molar-refractivity contribution in [1.82, 2.24) is 9.13 Å². The monoisotopic (exact) mass is 692 g/mol. The summed E-state index contributed by atoms with van der Waals surface area (Å²) in [6, 6.07) is 69.0. The van der Waals surface area contributed by atoms with E-state index in [1.165, 1.54) is 88.2 Å². The van der Waals surface area contributed by atoms with E-state index in [-0.39, 0.29) is 5.41 Å². The Kier molecular flexibility index (Phi) is 7.42. The third kappa shape index (κ3) is 5.25. The fraction of sp³-hybridized carbons (Fsp3) is 0.0769. The minimum absolute atomic E-state index is 0.110. The van der Waals surface area contributed by atoms with Gasteiger partial charge in [0.15, 0.2) is 0 Å². The molecule has 2 aromatic heterocycles. The number of hydrogen-bond donors (Lipinski definition) is 0. The van der Waals surface area contributed by atoms with Crippen LogP contribution in [0.1, 0.15) is 26.3 Å². The van der Waals surface area contributed by atoms with Crippen LogP contribution in [0.5, 0.6) is 0 Å². The van der Waals surface area contributed by atoms with E-state index in [4.69, 9.17) is 0 Å². The smallest absolute Gasteiger partial charge is 0.0541 e. The van der Waals surface area contributed by atoms with Gasteiger partial charge in [0.1, 0.15) is 0 Å². The van der Waals surface area contributed by atoms with E-state index in [1.54, 1.807) is 0 Å². The van der Waals surface area contributed by atoms with Gasteiger partial charge in [0.2, 0.25) is 0 Å². The summed E-state index contributed by atoms with van der Waals surface area (Å²) in [5.41, 5.74) is 15.9. The van der Waals surface area contributed by atoms with Gasteiger partial charge < -0.3 is 9.13 Å². The number of fused-ring (bicyclic) bond motifs is 6. The molecule has 0 fully saturated rings. The Morgan fingerprint density at radius 3 is 1.50 bits per heavy atom. The van der Waals surface area contributed by atoms with Gasteiger partial charge in [-0.25, -0.2) is 0 Å². The van der Waals surface area contributed by atoms with Crippen LogP contribution in [0.2, 0.25) is 0 Å². The predicted octanol–water partition coefficient (Wildman–Crippen LogP) is 14.2. The third-order valence-electron chi connectivity index (χ3n) is 11.1. The lowest BCUT2D eigenvalue weighted by Gasteiger charge is -2.20. The molecule has 0 saturated heterocycles. The molecular formula is C52H40N2. The molecule has 54 heavy (non-hydrogen) atoms. The highest BCUT2D eigenvalue weighted by molar-refractivity contribution is 6.13. The van der Waals surface area contributed by atoms with Crippen molar-refractivity contribution in [2.45, 2.75) is 26.2 Å². The van der Waals surface area contributed by atoms with Gasteiger partial charge in [-0.15, -0.1) is 0 Å². The van der Waals surface area contributed by atoms with Crippen LogP contribution in [0.25, 0.3) is 88.4 Å². The van der Waals surface area contributed by atoms with Crippen molar-refractivity contribution in [1.29, 1.82) is 0 Å². The van der Waals surface area contributed by atoms with Gasteiger partial charge in [-0.1, -0.05) is 154 Å². The highest BCUT2D eigenvalue weighted by Crippen LogP contribution is 2.40. The van der Waals surface area contributed by atoms with Gasteiger partial charge >= 0.3 is 0 Å². The standard InChI is InChI=1S/C52H40N2/c1-52(2,3)40-28-24-36(25-29-40)42-18-7-10-21-47(42)54-49-23-12-9-20-44(49)46-34-39(27-31-51(46)54)38-26-30-50-45(33-38)43-19-8-11-22-48(43)53(50)41-17-13-16-37(32-41)35-14-5-4-6-15-35/h4-34H,1-3H3. The maximum atomic E-state index is 2.45. The number of para-hydroxylation sites is 3. The molecule has 0 aliphatic carbocycles. The predicted molar refractivity (Wildman–Crippen MR) is 230 cm³/mol. The van der Waals surface area contributed by atoms with Gasteiger partial charge in [0.25, 0.3) is 0 Å². The van der Waals surface area contributed by atoms with Gasteiger partial charge in [-0.2, -0.15) is 0 Å². The minimum Gasteiger partial charge on any atom is -0.309 e. The summed E-state index contributed by atoms with van der Waals surface area (Å²) in [5, 5.41) is 5.01. The second-order valence-electron chi connectivity index (χ2n) is 15.4. The number of rotatable bonds is 5. The summed E-state index contributed by atoms with van der Waals surface area (Å²) in [7, 11) is 0. The Balaban J connectivity index is 1.11. The fourth-order valence-electron chi connectivity index (χ4n) is 8.36. The maximum Gasteiger partial charge on any atom is 0.0541 e. The molecule has 0 spiro atoms. The van der Waals surface area contributed by atoms with Crippen molar-refractivity contribution < 1.29 is 0 Å². The zero-order chi connectivity index (χ0) is 36.4. The quantitative estimate of drug-likeness (QED) is 0.170. The fourth-order valence-corrected chi connectivity index (χ4v) is 8.36. The largest absolute Gasteiger partial charge is 0.309 e. The van der Waals surface area contributed by atoms with E-state index in [9.17, 15) is 0 Å². The van der Waals surface area contributed by atoms with E-state index in [0.717, 1.165) is 5.69 Å². The molecule has 2 heterocycles. The first-order valence-electron chi connectivity index (χ1n) is 18.9. The average molecular weight is 693 g/mol. The molecule has 0 atom stereocenters. The molecular weight excluding hydrogens is 653 g/mol. The van der Waals surface area contributed by atoms with Crippen LogP contribution in [0, 0.1) is 0 Å². The summed E-state index contributed by atoms with van der Waals surface area (Å²) in [6.07, 6.45) is 0. The van der Waals surface area contributed by atoms with Crippen LogP contribution in [-0.4, -0.2) is 9.13 Å². The van der Waals surface area contributed by atoms with E-state index >= 15 is 0 Å². The van der Waals surface area contributed by atoms with Crippen LogP contribution < -0.4 is 0 Å². The zero-order valence-electron chi connectivity index (χ0n) is 30.8. The molecule has 0 amide bonds. The molecule has 2 nitrogen and oxygen atoms in total. The first kappa shape index (κ1) is 32.0. The Labute approximate surface area is 316 Å². The van der Waals surface area contributed by atoms with Crippen molar-refractivity contribution in [2.75, 3.05) is 0 Å². The Morgan fingerprint density at radius 2 is 0.833 bits per heavy atom. The number of aromatic nitrogens is 2. The summed E-state index contributed by atoms with van der Waals surface area (Å²) >= 11 is 0. The molecule has 10 aromatic rings. The van der Waals surface area contributed by atoms with Gasteiger partial charge in [-0.3, -0.25) is 0 Å². The Hall–Kier alpha value is -6.64. The van der Waals surface area contributed by atoms with E-state index < -0.39 is 0 Å². The maximum absolute atomic E-state index is 2.45. The minimum atomic E-state index is 0.110. The van der Waals surface area contributed by atoms with Crippen molar-refractivity contribution in [3.63, 3.8) is 0 Å². The summed E-state index contributed by atoms with van der Waals surface area (Å²) in [4.78, 5) is 0. The molecule has 0 radical (unpaired) electrons. The Morgan fingerprint density at radius 1 is 0.333 bits per heavy atom. The first-order valence-corrected chi connectivity index (χ1v) is 18.9. The molecule has 0 saturated carbocycles. The molecule has 0 aliphatic rings. The molecule has 0 unspecified atom stereocenters. The third-order valence-corrected chi connectivity index (χ3v) is 11.1. The highest BCUT2D eigenvalue weighted by atomic mass is 15.0. The molecule has 10 rings (SSSR count). The molecule has 2 heteroatoms. The highest BCUT2D eigenvalue weighted by Gasteiger charge is 2.19. The van der Waals surface area contributed by atoms with Crippen molar-refractivity contribution in [2.24, 2.45) is 0 Å². The van der Waals surface area contributed by atoms with Crippen molar-refractivity contribution in [3.05, 3.63) is 194 Å². The molecule has 0 bridgehead atoms. The normalized spacial score (nSPS) is 12.0. The van der Waals surface area contributed by atoms with Crippen LogP contribution in [0.4, 0.5) is 0 Å². The lowest BCUT2D eigenvalue weighted by atomic mass is 9.86. The lowest BCUT2D eigenvalue weighted by Crippen LogP contribution is -2.10. The van der Waals surface area contributed by atoms with Crippen molar-refractivity contribution in [3.8, 4) is 44.8 Å². The SMILES string of the molecule is CC(C)(C)c1ccc(-c2ccccc2-n2c3ccccc3c3cc(-c4ccc5c(c4)c4ccccc4n5-c4cccc(-c5ccccc5)c4)ccc32)cc1. The van der Waals surface area contributed by atoms with E-state index in [0.29, 0.717) is 0 Å². The lowest BCUT2D eigenvalue weighted by molar-refractivity contribution is 0.590. The topological polar surface area (TPSA) is 9.86 Å². The number of benzene rings is 8. The molecule has 258 valence electrons. The second-order valence-corrected chi connectivity index (χ2v) is 15.4. The van der Waals surface area contributed by atoms with Crippen LogP contribution in [0.15, 0.2) is 188 Å². The molecule has 0 N–H and O–H groups in total.